The summed E-state index contributed by atoms with van der Waals surface area (Å²) in [5.41, 5.74) is 2.66. The van der Waals surface area contributed by atoms with Crippen molar-refractivity contribution < 1.29 is 14.3 Å². The molecule has 2 unspecified atom stereocenters. The number of rotatable bonds is 5. The minimum atomic E-state index is -0.660. The Kier molecular flexibility index (Phi) is 4.81. The molecular weight excluding hydrogens is 372 g/mol. The fourth-order valence-electron chi connectivity index (χ4n) is 4.08. The Morgan fingerprint density at radius 2 is 1.96 bits per heavy atom. The van der Waals surface area contributed by atoms with Gasteiger partial charge in [0, 0.05) is 17.5 Å². The lowest BCUT2D eigenvalue weighted by molar-refractivity contribution is -0.125. The van der Waals surface area contributed by atoms with Crippen LogP contribution >= 0.6 is 11.3 Å². The number of nitrogens with one attached hydrogen (secondary N) is 1. The Labute approximate surface area is 168 Å². The summed E-state index contributed by atoms with van der Waals surface area (Å²) >= 11 is 1.42. The maximum Gasteiger partial charge on any atom is 0.233 e. The highest BCUT2D eigenvalue weighted by molar-refractivity contribution is 7.13. The molecule has 1 aromatic heterocycles. The Bertz CT molecular complexity index is 1000. The fraction of sp³-hybridized carbons (Fsp3) is 0.273. The summed E-state index contributed by atoms with van der Waals surface area (Å²) in [6.45, 7) is 2.02. The summed E-state index contributed by atoms with van der Waals surface area (Å²) in [4.78, 5) is 17.6. The molecule has 144 valence electrons. The van der Waals surface area contributed by atoms with Gasteiger partial charge in [0.15, 0.2) is 5.13 Å². The molecule has 6 heteroatoms. The lowest BCUT2D eigenvalue weighted by atomic mass is 9.73. The van der Waals surface area contributed by atoms with E-state index in [1.165, 1.54) is 11.3 Å². The molecule has 3 aromatic rings. The van der Waals surface area contributed by atoms with Gasteiger partial charge in [-0.1, -0.05) is 18.2 Å². The van der Waals surface area contributed by atoms with Crippen LogP contribution in [0.2, 0.25) is 0 Å². The molecule has 5 nitrogen and oxygen atoms in total. The van der Waals surface area contributed by atoms with E-state index in [0.29, 0.717) is 11.6 Å². The number of hydrogen-bond donors (Lipinski definition) is 1. The van der Waals surface area contributed by atoms with Gasteiger partial charge in [0.2, 0.25) is 5.91 Å². The average Bonchev–Trinajstić information content (AvgIpc) is 3.32. The Morgan fingerprint density at radius 3 is 2.68 bits per heavy atom. The van der Waals surface area contributed by atoms with E-state index in [-0.39, 0.29) is 11.8 Å². The maximum absolute atomic E-state index is 13.4. The van der Waals surface area contributed by atoms with Gasteiger partial charge >= 0.3 is 0 Å². The third kappa shape index (κ3) is 3.14. The first-order valence-corrected chi connectivity index (χ1v) is 9.95. The van der Waals surface area contributed by atoms with E-state index >= 15 is 0 Å². The zero-order valence-electron chi connectivity index (χ0n) is 16.1. The van der Waals surface area contributed by atoms with Gasteiger partial charge in [-0.05, 0) is 54.3 Å². The number of carbonyl (C=O) groups is 1. The zero-order valence-corrected chi connectivity index (χ0v) is 16.9. The average molecular weight is 394 g/mol. The number of anilines is 1. The van der Waals surface area contributed by atoms with Crippen molar-refractivity contribution in [2.24, 2.45) is 5.41 Å². The summed E-state index contributed by atoms with van der Waals surface area (Å²) in [6.07, 6.45) is 2.34. The molecule has 0 saturated heterocycles. The first-order valence-electron chi connectivity index (χ1n) is 9.07. The first-order chi connectivity index (χ1) is 13.5. The van der Waals surface area contributed by atoms with Crippen LogP contribution in [0.1, 0.15) is 29.5 Å². The van der Waals surface area contributed by atoms with Crippen molar-refractivity contribution in [3.63, 3.8) is 0 Å². The predicted molar refractivity (Wildman–Crippen MR) is 110 cm³/mol. The van der Waals surface area contributed by atoms with Crippen molar-refractivity contribution in [2.45, 2.75) is 19.3 Å². The van der Waals surface area contributed by atoms with E-state index in [0.717, 1.165) is 28.2 Å². The first kappa shape index (κ1) is 18.5. The van der Waals surface area contributed by atoms with Crippen LogP contribution in [-0.2, 0) is 11.2 Å². The molecular formula is C22H22N2O3S. The smallest absolute Gasteiger partial charge is 0.233 e. The predicted octanol–water partition coefficient (Wildman–Crippen LogP) is 4.49. The van der Waals surface area contributed by atoms with Gasteiger partial charge in [-0.3, -0.25) is 4.79 Å². The standard InChI is InChI=1S/C22H22N2O3S/c1-22(20(25)24-21-23-9-10-28-21)13-15-7-8-17(27-3)12-18(15)19(22)14-5-4-6-16(11-14)26-2/h4-12,19H,13H2,1-3H3,(H,23,24,25). The molecule has 0 fully saturated rings. The quantitative estimate of drug-likeness (QED) is 0.692. The second-order valence-electron chi connectivity index (χ2n) is 7.16. The number of methoxy groups -OCH3 is 2. The lowest BCUT2D eigenvalue weighted by Gasteiger charge is -2.31. The number of hydrogen-bond acceptors (Lipinski definition) is 5. The van der Waals surface area contributed by atoms with Crippen LogP contribution in [-0.4, -0.2) is 25.1 Å². The molecule has 0 radical (unpaired) electrons. The number of ether oxygens (including phenoxy) is 2. The molecule has 1 heterocycles. The van der Waals surface area contributed by atoms with Gasteiger partial charge in [-0.15, -0.1) is 11.3 Å². The van der Waals surface area contributed by atoms with Crippen LogP contribution in [0.5, 0.6) is 11.5 Å². The molecule has 2 atom stereocenters. The van der Waals surface area contributed by atoms with E-state index in [1.54, 1.807) is 20.4 Å². The minimum absolute atomic E-state index is 0.0366. The lowest BCUT2D eigenvalue weighted by Crippen LogP contribution is -2.37. The fourth-order valence-corrected chi connectivity index (χ4v) is 4.60. The van der Waals surface area contributed by atoms with Crippen LogP contribution in [0.25, 0.3) is 0 Å². The monoisotopic (exact) mass is 394 g/mol. The van der Waals surface area contributed by atoms with Crippen molar-refractivity contribution in [3.8, 4) is 11.5 Å². The zero-order chi connectivity index (χ0) is 19.7. The normalized spacial score (nSPS) is 20.5. The van der Waals surface area contributed by atoms with Crippen molar-refractivity contribution >= 4 is 22.4 Å². The van der Waals surface area contributed by atoms with Gasteiger partial charge in [0.1, 0.15) is 11.5 Å². The summed E-state index contributed by atoms with van der Waals surface area (Å²) in [5, 5.41) is 5.47. The number of benzene rings is 2. The highest BCUT2D eigenvalue weighted by Crippen LogP contribution is 2.52. The van der Waals surface area contributed by atoms with E-state index in [4.69, 9.17) is 9.47 Å². The molecule has 0 aliphatic heterocycles. The number of amides is 1. The van der Waals surface area contributed by atoms with Crippen LogP contribution in [0.15, 0.2) is 54.0 Å². The van der Waals surface area contributed by atoms with Crippen molar-refractivity contribution in [2.75, 3.05) is 19.5 Å². The third-order valence-corrected chi connectivity index (χ3v) is 6.15. The topological polar surface area (TPSA) is 60.5 Å². The van der Waals surface area contributed by atoms with E-state index in [1.807, 2.05) is 42.6 Å². The Balaban J connectivity index is 1.81. The molecule has 28 heavy (non-hydrogen) atoms. The van der Waals surface area contributed by atoms with Crippen molar-refractivity contribution in [3.05, 3.63) is 70.7 Å². The van der Waals surface area contributed by atoms with E-state index in [9.17, 15) is 4.79 Å². The van der Waals surface area contributed by atoms with E-state index in [2.05, 4.69) is 22.4 Å². The minimum Gasteiger partial charge on any atom is -0.497 e. The number of nitrogens with zero attached hydrogens (tertiary/aromatic N) is 1. The summed E-state index contributed by atoms with van der Waals surface area (Å²) in [6, 6.07) is 14.0. The highest BCUT2D eigenvalue weighted by Gasteiger charge is 2.49. The molecule has 1 N–H and O–H groups in total. The van der Waals surface area contributed by atoms with Gasteiger partial charge in [0.25, 0.3) is 0 Å². The number of thiazole rings is 1. The van der Waals surface area contributed by atoms with Crippen molar-refractivity contribution in [1.29, 1.82) is 0 Å². The van der Waals surface area contributed by atoms with Crippen LogP contribution in [0.3, 0.4) is 0 Å². The molecule has 1 aliphatic rings. The molecule has 0 saturated carbocycles. The Morgan fingerprint density at radius 1 is 1.18 bits per heavy atom. The van der Waals surface area contributed by atoms with Crippen LogP contribution < -0.4 is 14.8 Å². The summed E-state index contributed by atoms with van der Waals surface area (Å²) in [5.74, 6) is 1.41. The molecule has 1 amide bonds. The molecule has 1 aliphatic carbocycles. The maximum atomic E-state index is 13.4. The largest absolute Gasteiger partial charge is 0.497 e. The van der Waals surface area contributed by atoms with Gasteiger partial charge in [-0.2, -0.15) is 0 Å². The van der Waals surface area contributed by atoms with Crippen LogP contribution in [0.4, 0.5) is 5.13 Å². The number of aromatic nitrogens is 1. The molecule has 2 aromatic carbocycles. The Hall–Kier alpha value is -2.86. The van der Waals surface area contributed by atoms with Gasteiger partial charge in [0.05, 0.1) is 19.6 Å². The summed E-state index contributed by atoms with van der Waals surface area (Å²) < 4.78 is 10.9. The van der Waals surface area contributed by atoms with E-state index < -0.39 is 5.41 Å². The number of fused-ring (bicyclic) bond motifs is 1. The second kappa shape index (κ2) is 7.28. The molecule has 0 spiro atoms. The summed E-state index contributed by atoms with van der Waals surface area (Å²) in [7, 11) is 3.31. The SMILES string of the molecule is COc1cccc(C2c3cc(OC)ccc3CC2(C)C(=O)Nc2nccs2)c1. The van der Waals surface area contributed by atoms with Crippen molar-refractivity contribution in [1.82, 2.24) is 4.98 Å². The second-order valence-corrected chi connectivity index (χ2v) is 8.05. The highest BCUT2D eigenvalue weighted by atomic mass is 32.1. The molecule has 4 rings (SSSR count). The number of carbonyl (C=O) groups excluding carboxylic acids is 1. The third-order valence-electron chi connectivity index (χ3n) is 5.46. The molecule has 0 bridgehead atoms. The van der Waals surface area contributed by atoms with Gasteiger partial charge < -0.3 is 14.8 Å². The van der Waals surface area contributed by atoms with Gasteiger partial charge in [-0.25, -0.2) is 4.98 Å². The van der Waals surface area contributed by atoms with Crippen LogP contribution in [0, 0.1) is 5.41 Å².